The number of nitrogens with two attached hydrogens (primary N) is 1. The minimum Gasteiger partial charge on any atom is -0.356 e. The molecule has 2 rings (SSSR count). The van der Waals surface area contributed by atoms with Crippen molar-refractivity contribution in [2.24, 2.45) is 11.7 Å². The SMILES string of the molecule is CC(CN)CNC(=O)CCN1CCN(c2ccccn2)CC1.Cl.Cl. The molecule has 6 nitrogen and oxygen atoms in total. The van der Waals surface area contributed by atoms with Crippen LogP contribution in [0.4, 0.5) is 5.82 Å². The van der Waals surface area contributed by atoms with Crippen LogP contribution in [0, 0.1) is 5.92 Å². The van der Waals surface area contributed by atoms with Gasteiger partial charge in [-0.15, -0.1) is 24.8 Å². The van der Waals surface area contributed by atoms with Gasteiger partial charge in [-0.1, -0.05) is 13.0 Å². The summed E-state index contributed by atoms with van der Waals surface area (Å²) >= 11 is 0. The lowest BCUT2D eigenvalue weighted by Gasteiger charge is -2.35. The highest BCUT2D eigenvalue weighted by Crippen LogP contribution is 2.12. The Bertz CT molecular complexity index is 455. The number of hydrogen-bond donors (Lipinski definition) is 2. The van der Waals surface area contributed by atoms with Crippen LogP contribution in [0.15, 0.2) is 24.4 Å². The van der Waals surface area contributed by atoms with Crippen LogP contribution >= 0.6 is 24.8 Å². The maximum Gasteiger partial charge on any atom is 0.221 e. The van der Waals surface area contributed by atoms with Gasteiger partial charge < -0.3 is 16.0 Å². The van der Waals surface area contributed by atoms with Crippen molar-refractivity contribution in [3.8, 4) is 0 Å². The Hall–Kier alpha value is -1.08. The van der Waals surface area contributed by atoms with E-state index in [9.17, 15) is 4.79 Å². The number of carbonyl (C=O) groups is 1. The van der Waals surface area contributed by atoms with Crippen LogP contribution in [-0.4, -0.2) is 61.6 Å². The van der Waals surface area contributed by atoms with Crippen LogP contribution in [0.3, 0.4) is 0 Å². The summed E-state index contributed by atoms with van der Waals surface area (Å²) in [6.45, 7) is 8.01. The average molecular weight is 378 g/mol. The molecule has 0 saturated carbocycles. The molecule has 0 spiro atoms. The third kappa shape index (κ3) is 7.66. The molecular formula is C16H29Cl2N5O. The van der Waals surface area contributed by atoms with Gasteiger partial charge >= 0.3 is 0 Å². The van der Waals surface area contributed by atoms with Gasteiger partial charge in [0, 0.05) is 51.9 Å². The maximum absolute atomic E-state index is 11.8. The predicted molar refractivity (Wildman–Crippen MR) is 103 cm³/mol. The highest BCUT2D eigenvalue weighted by atomic mass is 35.5. The average Bonchev–Trinajstić information content (AvgIpc) is 2.59. The summed E-state index contributed by atoms with van der Waals surface area (Å²) in [6, 6.07) is 5.99. The van der Waals surface area contributed by atoms with E-state index in [4.69, 9.17) is 5.73 Å². The van der Waals surface area contributed by atoms with Gasteiger partial charge in [-0.3, -0.25) is 9.69 Å². The fraction of sp³-hybridized carbons (Fsp3) is 0.625. The molecule has 1 amide bonds. The Morgan fingerprint density at radius 2 is 2.00 bits per heavy atom. The molecular weight excluding hydrogens is 349 g/mol. The van der Waals surface area contributed by atoms with Crippen molar-refractivity contribution in [3.63, 3.8) is 0 Å². The zero-order valence-corrected chi connectivity index (χ0v) is 15.8. The Kier molecular flexibility index (Phi) is 11.8. The lowest BCUT2D eigenvalue weighted by Crippen LogP contribution is -2.47. The summed E-state index contributed by atoms with van der Waals surface area (Å²) in [5.41, 5.74) is 5.54. The van der Waals surface area contributed by atoms with Crippen LogP contribution in [-0.2, 0) is 4.79 Å². The van der Waals surface area contributed by atoms with E-state index >= 15 is 0 Å². The van der Waals surface area contributed by atoms with Gasteiger partial charge in [0.1, 0.15) is 5.82 Å². The largest absolute Gasteiger partial charge is 0.356 e. The van der Waals surface area contributed by atoms with Crippen molar-refractivity contribution in [3.05, 3.63) is 24.4 Å². The fourth-order valence-corrected chi connectivity index (χ4v) is 2.46. The van der Waals surface area contributed by atoms with Crippen molar-refractivity contribution in [2.45, 2.75) is 13.3 Å². The van der Waals surface area contributed by atoms with Crippen LogP contribution < -0.4 is 16.0 Å². The monoisotopic (exact) mass is 377 g/mol. The van der Waals surface area contributed by atoms with E-state index in [1.807, 2.05) is 31.3 Å². The first-order valence-corrected chi connectivity index (χ1v) is 8.04. The first kappa shape index (κ1) is 22.9. The molecule has 1 aliphatic heterocycles. The van der Waals surface area contributed by atoms with Gasteiger partial charge in [-0.2, -0.15) is 0 Å². The summed E-state index contributed by atoms with van der Waals surface area (Å²) in [5.74, 6) is 1.49. The Balaban J connectivity index is 0.00000264. The molecule has 1 unspecified atom stereocenters. The zero-order valence-electron chi connectivity index (χ0n) is 14.2. The van der Waals surface area contributed by atoms with E-state index in [0.29, 0.717) is 25.4 Å². The molecule has 1 atom stereocenters. The lowest BCUT2D eigenvalue weighted by molar-refractivity contribution is -0.121. The maximum atomic E-state index is 11.8. The summed E-state index contributed by atoms with van der Waals surface area (Å²) in [5, 5.41) is 2.94. The van der Waals surface area contributed by atoms with Gasteiger partial charge in [0.05, 0.1) is 0 Å². The molecule has 24 heavy (non-hydrogen) atoms. The normalized spacial score (nSPS) is 15.8. The number of amides is 1. The van der Waals surface area contributed by atoms with Gasteiger partial charge in [-0.05, 0) is 24.6 Å². The van der Waals surface area contributed by atoms with E-state index in [0.717, 1.165) is 38.5 Å². The smallest absolute Gasteiger partial charge is 0.221 e. The van der Waals surface area contributed by atoms with Gasteiger partial charge in [0.25, 0.3) is 0 Å². The number of piperazine rings is 1. The second-order valence-corrected chi connectivity index (χ2v) is 5.91. The summed E-state index contributed by atoms with van der Waals surface area (Å²) in [6.07, 6.45) is 2.38. The third-order valence-electron chi connectivity index (χ3n) is 4.05. The number of anilines is 1. The highest BCUT2D eigenvalue weighted by molar-refractivity contribution is 5.85. The quantitative estimate of drug-likeness (QED) is 0.745. The number of nitrogens with one attached hydrogen (secondary N) is 1. The zero-order chi connectivity index (χ0) is 15.8. The Morgan fingerprint density at radius 1 is 1.29 bits per heavy atom. The first-order chi connectivity index (χ1) is 10.7. The minimum atomic E-state index is 0. The molecule has 1 fully saturated rings. The molecule has 0 bridgehead atoms. The van der Waals surface area contributed by atoms with E-state index in [1.54, 1.807) is 0 Å². The molecule has 2 heterocycles. The van der Waals surface area contributed by atoms with Gasteiger partial charge in [0.2, 0.25) is 5.91 Å². The van der Waals surface area contributed by atoms with Crippen molar-refractivity contribution >= 4 is 36.5 Å². The standard InChI is InChI=1S/C16H27N5O.2ClH/c1-14(12-17)13-19-16(22)5-7-20-8-10-21(11-9-20)15-4-2-3-6-18-15;;/h2-4,6,14H,5,7-13,17H2,1H3,(H,19,22);2*1H. The number of halogens is 2. The van der Waals surface area contributed by atoms with Crippen molar-refractivity contribution < 1.29 is 4.79 Å². The van der Waals surface area contributed by atoms with E-state index in [2.05, 4.69) is 20.1 Å². The Morgan fingerprint density at radius 3 is 2.58 bits per heavy atom. The summed E-state index contributed by atoms with van der Waals surface area (Å²) in [4.78, 5) is 20.8. The van der Waals surface area contributed by atoms with Crippen LogP contribution in [0.1, 0.15) is 13.3 Å². The number of hydrogen-bond acceptors (Lipinski definition) is 5. The second-order valence-electron chi connectivity index (χ2n) is 5.91. The fourth-order valence-electron chi connectivity index (χ4n) is 2.46. The molecule has 0 aliphatic carbocycles. The number of pyridine rings is 1. The van der Waals surface area contributed by atoms with Crippen molar-refractivity contribution in [1.29, 1.82) is 0 Å². The predicted octanol–water partition coefficient (Wildman–Crippen LogP) is 1.15. The highest BCUT2D eigenvalue weighted by Gasteiger charge is 2.18. The van der Waals surface area contributed by atoms with Gasteiger partial charge in [-0.25, -0.2) is 4.98 Å². The third-order valence-corrected chi connectivity index (χ3v) is 4.05. The Labute approximate surface area is 157 Å². The molecule has 138 valence electrons. The molecule has 8 heteroatoms. The number of nitrogens with zero attached hydrogens (tertiary/aromatic N) is 3. The van der Waals surface area contributed by atoms with E-state index in [1.165, 1.54) is 0 Å². The summed E-state index contributed by atoms with van der Waals surface area (Å²) in [7, 11) is 0. The van der Waals surface area contributed by atoms with Crippen LogP contribution in [0.5, 0.6) is 0 Å². The minimum absolute atomic E-state index is 0. The number of aromatic nitrogens is 1. The molecule has 0 radical (unpaired) electrons. The topological polar surface area (TPSA) is 74.5 Å². The molecule has 1 aromatic heterocycles. The van der Waals surface area contributed by atoms with Crippen molar-refractivity contribution in [1.82, 2.24) is 15.2 Å². The molecule has 0 aromatic carbocycles. The number of carbonyl (C=O) groups excluding carboxylic acids is 1. The molecule has 1 aliphatic rings. The second kappa shape index (κ2) is 12.3. The molecule has 1 saturated heterocycles. The molecule has 1 aromatic rings. The van der Waals surface area contributed by atoms with Crippen molar-refractivity contribution in [2.75, 3.05) is 50.7 Å². The van der Waals surface area contributed by atoms with Gasteiger partial charge in [0.15, 0.2) is 0 Å². The summed E-state index contributed by atoms with van der Waals surface area (Å²) < 4.78 is 0. The van der Waals surface area contributed by atoms with E-state index in [-0.39, 0.29) is 30.7 Å². The van der Waals surface area contributed by atoms with E-state index < -0.39 is 0 Å². The van der Waals surface area contributed by atoms with Crippen LogP contribution in [0.25, 0.3) is 0 Å². The molecule has 3 N–H and O–H groups in total. The van der Waals surface area contributed by atoms with Crippen LogP contribution in [0.2, 0.25) is 0 Å². The first-order valence-electron chi connectivity index (χ1n) is 8.04. The lowest BCUT2D eigenvalue weighted by atomic mass is 10.2. The number of rotatable bonds is 7.